The molecule has 0 aliphatic carbocycles. The Morgan fingerprint density at radius 2 is 1.74 bits per heavy atom. The highest BCUT2D eigenvalue weighted by atomic mass is 15.5. The maximum Gasteiger partial charge on any atom is 0.208 e. The van der Waals surface area contributed by atoms with Crippen LogP contribution in [0.15, 0.2) is 53.5 Å². The summed E-state index contributed by atoms with van der Waals surface area (Å²) in [5.41, 5.74) is 18.5. The van der Waals surface area contributed by atoms with E-state index in [1.54, 1.807) is 12.1 Å². The number of benzene rings is 2. The average molecular weight is 313 g/mol. The van der Waals surface area contributed by atoms with E-state index in [4.69, 9.17) is 11.5 Å². The first-order valence-corrected chi connectivity index (χ1v) is 7.77. The smallest absolute Gasteiger partial charge is 0.208 e. The third-order valence-electron chi connectivity index (χ3n) is 3.05. The van der Waals surface area contributed by atoms with Crippen molar-refractivity contribution < 1.29 is 0 Å². The Labute approximate surface area is 139 Å². The molecule has 0 spiro atoms. The molecule has 5 heteroatoms. The van der Waals surface area contributed by atoms with E-state index in [9.17, 15) is 0 Å². The van der Waals surface area contributed by atoms with Crippen LogP contribution in [0.4, 0.5) is 5.69 Å². The second-order valence-electron chi connectivity index (χ2n) is 4.91. The van der Waals surface area contributed by atoms with E-state index < -0.39 is 0 Å². The van der Waals surface area contributed by atoms with Gasteiger partial charge in [-0.05, 0) is 30.2 Å². The third kappa shape index (κ3) is 6.10. The summed E-state index contributed by atoms with van der Waals surface area (Å²) >= 11 is 0. The predicted molar refractivity (Wildman–Crippen MR) is 99.2 cm³/mol. The van der Waals surface area contributed by atoms with E-state index in [1.807, 2.05) is 38.1 Å². The number of nitrogens with one attached hydrogen (secondary N) is 1. The second-order valence-corrected chi connectivity index (χ2v) is 4.91. The van der Waals surface area contributed by atoms with Crippen molar-refractivity contribution in [3.05, 3.63) is 54.1 Å². The molecule has 0 amide bonds. The van der Waals surface area contributed by atoms with E-state index in [0.29, 0.717) is 12.6 Å². The molecule has 0 aliphatic heterocycles. The Balaban J connectivity index is 0.00000127. The number of hydrazine groups is 1. The molecule has 5 nitrogen and oxygen atoms in total. The van der Waals surface area contributed by atoms with Gasteiger partial charge < -0.3 is 11.5 Å². The molecule has 0 saturated heterocycles. The van der Waals surface area contributed by atoms with Crippen molar-refractivity contribution in [2.45, 2.75) is 20.8 Å². The van der Waals surface area contributed by atoms with Crippen LogP contribution in [-0.2, 0) is 0 Å². The van der Waals surface area contributed by atoms with E-state index in [0.717, 1.165) is 11.3 Å². The maximum atomic E-state index is 5.79. The second kappa shape index (κ2) is 9.61. The molecular formula is C18H27N5. The summed E-state index contributed by atoms with van der Waals surface area (Å²) in [5.74, 6) is 0.311. The Morgan fingerprint density at radius 1 is 1.09 bits per heavy atom. The van der Waals surface area contributed by atoms with Crippen LogP contribution >= 0.6 is 0 Å². The summed E-state index contributed by atoms with van der Waals surface area (Å²) < 4.78 is 0. The molecule has 0 saturated carbocycles. The van der Waals surface area contributed by atoms with Crippen molar-refractivity contribution in [2.75, 3.05) is 13.7 Å². The van der Waals surface area contributed by atoms with Crippen molar-refractivity contribution in [1.82, 2.24) is 10.4 Å². The Bertz CT molecular complexity index is 620. The summed E-state index contributed by atoms with van der Waals surface area (Å²) in [4.78, 5) is 4.29. The van der Waals surface area contributed by atoms with Gasteiger partial charge in [-0.25, -0.2) is 10.0 Å². The molecule has 0 aliphatic rings. The largest absolute Gasteiger partial charge is 0.369 e. The quantitative estimate of drug-likeness (QED) is 0.351. The number of nitrogens with two attached hydrogens (primary N) is 2. The first kappa shape index (κ1) is 18.7. The standard InChI is InChI=1S/C16H21N5.C2H6/c1-12-4-3-5-14(10-12)13-6-8-15(9-7-13)19-16(18)20-21(2)11-17;1-2/h3-10H,11,17H2,1-2H3,(H3,18,19,20);1-2H3. The first-order chi connectivity index (χ1) is 11.1. The van der Waals surface area contributed by atoms with Gasteiger partial charge in [-0.15, -0.1) is 0 Å². The van der Waals surface area contributed by atoms with Crippen LogP contribution in [0.2, 0.25) is 0 Å². The van der Waals surface area contributed by atoms with Crippen molar-refractivity contribution >= 4 is 11.6 Å². The van der Waals surface area contributed by atoms with Gasteiger partial charge in [0.15, 0.2) is 0 Å². The van der Waals surface area contributed by atoms with Crippen molar-refractivity contribution in [3.8, 4) is 11.1 Å². The van der Waals surface area contributed by atoms with Gasteiger partial charge in [-0.1, -0.05) is 55.8 Å². The molecule has 2 aromatic carbocycles. The lowest BCUT2D eigenvalue weighted by Gasteiger charge is -2.15. The fraction of sp³-hybridized carbons (Fsp3) is 0.278. The molecular weight excluding hydrogens is 286 g/mol. The molecule has 0 unspecified atom stereocenters. The highest BCUT2D eigenvalue weighted by molar-refractivity contribution is 5.80. The Hall–Kier alpha value is -2.37. The lowest BCUT2D eigenvalue weighted by molar-refractivity contribution is 0.300. The van der Waals surface area contributed by atoms with Crippen molar-refractivity contribution in [1.29, 1.82) is 0 Å². The zero-order valence-electron chi connectivity index (χ0n) is 14.4. The van der Waals surface area contributed by atoms with Crippen LogP contribution in [0.1, 0.15) is 19.4 Å². The molecule has 0 atom stereocenters. The third-order valence-corrected chi connectivity index (χ3v) is 3.05. The highest BCUT2D eigenvalue weighted by Gasteiger charge is 2.00. The van der Waals surface area contributed by atoms with Crippen molar-refractivity contribution in [3.63, 3.8) is 0 Å². The lowest BCUT2D eigenvalue weighted by atomic mass is 10.0. The van der Waals surface area contributed by atoms with E-state index in [-0.39, 0.29) is 0 Å². The van der Waals surface area contributed by atoms with Crippen LogP contribution in [0, 0.1) is 6.92 Å². The number of hydrogen-bond acceptors (Lipinski definition) is 3. The van der Waals surface area contributed by atoms with Gasteiger partial charge in [0.25, 0.3) is 0 Å². The topological polar surface area (TPSA) is 79.7 Å². The van der Waals surface area contributed by atoms with E-state index in [2.05, 4.69) is 41.6 Å². The minimum Gasteiger partial charge on any atom is -0.369 e. The number of nitrogens with zero attached hydrogens (tertiary/aromatic N) is 2. The summed E-state index contributed by atoms with van der Waals surface area (Å²) in [6.07, 6.45) is 0. The van der Waals surface area contributed by atoms with Gasteiger partial charge in [0.05, 0.1) is 12.4 Å². The Morgan fingerprint density at radius 3 is 2.30 bits per heavy atom. The Kier molecular flexibility index (Phi) is 7.80. The fourth-order valence-electron chi connectivity index (χ4n) is 1.96. The summed E-state index contributed by atoms with van der Waals surface area (Å²) in [6.45, 7) is 6.44. The van der Waals surface area contributed by atoms with Gasteiger partial charge in [0.1, 0.15) is 0 Å². The van der Waals surface area contributed by atoms with Gasteiger partial charge >= 0.3 is 0 Å². The van der Waals surface area contributed by atoms with E-state index in [1.165, 1.54) is 11.1 Å². The van der Waals surface area contributed by atoms with Crippen LogP contribution < -0.4 is 16.9 Å². The molecule has 124 valence electrons. The van der Waals surface area contributed by atoms with Gasteiger partial charge in [0, 0.05) is 7.05 Å². The highest BCUT2D eigenvalue weighted by Crippen LogP contribution is 2.23. The fourth-order valence-corrected chi connectivity index (χ4v) is 1.96. The molecule has 0 heterocycles. The lowest BCUT2D eigenvalue weighted by Crippen LogP contribution is -2.46. The van der Waals surface area contributed by atoms with Gasteiger partial charge in [-0.3, -0.25) is 5.43 Å². The van der Waals surface area contributed by atoms with Crippen LogP contribution in [0.3, 0.4) is 0 Å². The normalized spacial score (nSPS) is 11.0. The number of aryl methyl sites for hydroxylation is 1. The monoisotopic (exact) mass is 313 g/mol. The van der Waals surface area contributed by atoms with Crippen LogP contribution in [0.5, 0.6) is 0 Å². The molecule has 0 bridgehead atoms. The molecule has 5 N–H and O–H groups in total. The molecule has 0 aromatic heterocycles. The molecule has 23 heavy (non-hydrogen) atoms. The number of aliphatic imine (C=N–C) groups is 1. The minimum absolute atomic E-state index is 0.311. The number of guanidine groups is 1. The zero-order valence-corrected chi connectivity index (χ0v) is 14.4. The van der Waals surface area contributed by atoms with Gasteiger partial charge in [0.2, 0.25) is 5.96 Å². The summed E-state index contributed by atoms with van der Waals surface area (Å²) in [5, 5.41) is 1.65. The molecule has 0 fully saturated rings. The maximum absolute atomic E-state index is 5.79. The van der Waals surface area contributed by atoms with Crippen molar-refractivity contribution in [2.24, 2.45) is 16.5 Å². The molecule has 2 rings (SSSR count). The number of hydrogen-bond donors (Lipinski definition) is 3. The number of rotatable bonds is 4. The van der Waals surface area contributed by atoms with E-state index >= 15 is 0 Å². The van der Waals surface area contributed by atoms with Crippen LogP contribution in [0.25, 0.3) is 11.1 Å². The first-order valence-electron chi connectivity index (χ1n) is 7.77. The average Bonchev–Trinajstić information content (AvgIpc) is 2.57. The molecule has 0 radical (unpaired) electrons. The zero-order chi connectivity index (χ0) is 17.2. The molecule has 2 aromatic rings. The summed E-state index contributed by atoms with van der Waals surface area (Å²) in [6, 6.07) is 16.3. The minimum atomic E-state index is 0.311. The predicted octanol–water partition coefficient (Wildman–Crippen LogP) is 2.99. The van der Waals surface area contributed by atoms with Crippen LogP contribution in [-0.4, -0.2) is 24.7 Å². The van der Waals surface area contributed by atoms with Gasteiger partial charge in [-0.2, -0.15) is 0 Å². The summed E-state index contributed by atoms with van der Waals surface area (Å²) in [7, 11) is 1.79. The SMILES string of the molecule is CC.Cc1cccc(-c2ccc(N=C(N)NN(C)CN)cc2)c1.